The van der Waals surface area contributed by atoms with Gasteiger partial charge in [-0.25, -0.2) is 0 Å². The number of rotatable bonds is 11. The number of hydrogen-bond donors (Lipinski definition) is 1. The van der Waals surface area contributed by atoms with Crippen molar-refractivity contribution in [2.45, 2.75) is 6.42 Å². The molecule has 0 saturated heterocycles. The molecule has 0 fully saturated rings. The van der Waals surface area contributed by atoms with Gasteiger partial charge in [0.15, 0.2) is 0 Å². The van der Waals surface area contributed by atoms with Crippen LogP contribution in [-0.2, 0) is 19.0 Å². The Morgan fingerprint density at radius 2 is 1.50 bits per heavy atom. The number of halogens is 1. The Morgan fingerprint density at radius 1 is 1.00 bits per heavy atom. The lowest BCUT2D eigenvalue weighted by atomic mass is 10.4. The van der Waals surface area contributed by atoms with Crippen LogP contribution in [0.25, 0.3) is 0 Å². The average Bonchev–Trinajstić information content (AvgIpc) is 2.31. The fourth-order valence-corrected chi connectivity index (χ4v) is 1.20. The fraction of sp³-hybridized carbons (Fsp3) is 0.900. The Balaban J connectivity index is 2.96. The summed E-state index contributed by atoms with van der Waals surface area (Å²) < 4.78 is 16.7. The van der Waals surface area contributed by atoms with Gasteiger partial charge in [-0.1, -0.05) is 22.6 Å². The van der Waals surface area contributed by atoms with E-state index in [-0.39, 0.29) is 5.91 Å². The van der Waals surface area contributed by atoms with Crippen molar-refractivity contribution in [2.24, 2.45) is 0 Å². The molecule has 0 aliphatic heterocycles. The first kappa shape index (κ1) is 16.1. The largest absolute Gasteiger partial charge is 0.379 e. The van der Waals surface area contributed by atoms with E-state index in [1.807, 2.05) is 0 Å². The molecule has 0 atom stereocenters. The van der Waals surface area contributed by atoms with Crippen LogP contribution in [0, 0.1) is 0 Å². The number of amides is 1. The van der Waals surface area contributed by atoms with Crippen molar-refractivity contribution in [3.63, 3.8) is 0 Å². The van der Waals surface area contributed by atoms with Crippen molar-refractivity contribution in [1.82, 2.24) is 5.32 Å². The number of alkyl halides is 1. The third-order valence-electron chi connectivity index (χ3n) is 1.72. The molecule has 0 radical (unpaired) electrons. The summed E-state index contributed by atoms with van der Waals surface area (Å²) in [6.07, 6.45) is 0.398. The Morgan fingerprint density at radius 3 is 2.00 bits per heavy atom. The quantitative estimate of drug-likeness (QED) is 0.339. The first-order chi connectivity index (χ1) is 7.81. The highest BCUT2D eigenvalue weighted by molar-refractivity contribution is 14.1. The summed E-state index contributed by atoms with van der Waals surface area (Å²) in [4.78, 5) is 10.8. The molecule has 1 N–H and O–H groups in total. The number of hydrogen-bond acceptors (Lipinski definition) is 4. The summed E-state index contributed by atoms with van der Waals surface area (Å²) >= 11 is 2.26. The van der Waals surface area contributed by atoms with Gasteiger partial charge in [0.1, 0.15) is 0 Å². The van der Waals surface area contributed by atoms with Crippen LogP contribution in [0.2, 0.25) is 0 Å². The SMILES string of the molecule is CNC(=O)CCOCCOCCOCCI. The number of ether oxygens (including phenoxy) is 3. The van der Waals surface area contributed by atoms with Gasteiger partial charge in [0.25, 0.3) is 0 Å². The lowest BCUT2D eigenvalue weighted by Gasteiger charge is -2.05. The highest BCUT2D eigenvalue weighted by Gasteiger charge is 1.96. The van der Waals surface area contributed by atoms with Crippen LogP contribution in [0.4, 0.5) is 0 Å². The molecule has 0 spiro atoms. The second-order valence-electron chi connectivity index (χ2n) is 2.95. The average molecular weight is 345 g/mol. The molecule has 0 aromatic carbocycles. The molecule has 96 valence electrons. The second-order valence-corrected chi connectivity index (χ2v) is 4.03. The Kier molecular flexibility index (Phi) is 13.2. The van der Waals surface area contributed by atoms with E-state index in [0.29, 0.717) is 39.5 Å². The van der Waals surface area contributed by atoms with Crippen LogP contribution in [0.5, 0.6) is 0 Å². The van der Waals surface area contributed by atoms with Crippen molar-refractivity contribution < 1.29 is 19.0 Å². The van der Waals surface area contributed by atoms with E-state index in [0.717, 1.165) is 11.0 Å². The van der Waals surface area contributed by atoms with Crippen LogP contribution in [-0.4, -0.2) is 57.0 Å². The predicted octanol–water partition coefficient (Wildman–Crippen LogP) is 0.607. The van der Waals surface area contributed by atoms with E-state index in [1.165, 1.54) is 0 Å². The van der Waals surface area contributed by atoms with E-state index in [4.69, 9.17) is 14.2 Å². The van der Waals surface area contributed by atoms with Crippen molar-refractivity contribution >= 4 is 28.5 Å². The summed E-state index contributed by atoms with van der Waals surface area (Å²) in [6.45, 7) is 3.49. The van der Waals surface area contributed by atoms with Crippen molar-refractivity contribution in [1.29, 1.82) is 0 Å². The molecular formula is C10H20INO4. The third kappa shape index (κ3) is 12.2. The van der Waals surface area contributed by atoms with Crippen molar-refractivity contribution in [3.8, 4) is 0 Å². The zero-order valence-corrected chi connectivity index (χ0v) is 11.8. The number of carbonyl (C=O) groups is 1. The molecule has 0 saturated carbocycles. The van der Waals surface area contributed by atoms with Crippen LogP contribution in [0.1, 0.15) is 6.42 Å². The van der Waals surface area contributed by atoms with Gasteiger partial charge in [0.2, 0.25) is 5.91 Å². The lowest BCUT2D eigenvalue weighted by molar-refractivity contribution is -0.121. The minimum atomic E-state index is -0.00637. The maximum atomic E-state index is 10.8. The minimum Gasteiger partial charge on any atom is -0.379 e. The standard InChI is InChI=1S/C10H20INO4/c1-12-10(13)2-4-14-6-8-16-9-7-15-5-3-11/h2-9H2,1H3,(H,12,13). The Hall–Kier alpha value is 0.0800. The van der Waals surface area contributed by atoms with E-state index >= 15 is 0 Å². The lowest BCUT2D eigenvalue weighted by Crippen LogP contribution is -2.20. The zero-order valence-electron chi connectivity index (χ0n) is 9.67. The maximum absolute atomic E-state index is 10.8. The monoisotopic (exact) mass is 345 g/mol. The zero-order chi connectivity index (χ0) is 12.1. The van der Waals surface area contributed by atoms with E-state index < -0.39 is 0 Å². The van der Waals surface area contributed by atoms with Crippen LogP contribution in [0.15, 0.2) is 0 Å². The molecule has 0 heterocycles. The molecular weight excluding hydrogens is 325 g/mol. The van der Waals surface area contributed by atoms with Gasteiger partial charge in [-0.15, -0.1) is 0 Å². The molecule has 0 aromatic heterocycles. The summed E-state index contributed by atoms with van der Waals surface area (Å²) in [7, 11) is 1.61. The highest BCUT2D eigenvalue weighted by atomic mass is 127. The van der Waals surface area contributed by atoms with Crippen LogP contribution in [0.3, 0.4) is 0 Å². The molecule has 0 aromatic rings. The van der Waals surface area contributed by atoms with Gasteiger partial charge in [-0.2, -0.15) is 0 Å². The molecule has 1 amide bonds. The highest BCUT2D eigenvalue weighted by Crippen LogP contribution is 1.86. The van der Waals surface area contributed by atoms with E-state index in [9.17, 15) is 4.79 Å². The molecule has 0 aliphatic carbocycles. The van der Waals surface area contributed by atoms with Gasteiger partial charge in [0.05, 0.1) is 39.6 Å². The Labute approximate surface area is 110 Å². The summed E-state index contributed by atoms with van der Waals surface area (Å²) in [5.41, 5.74) is 0. The van der Waals surface area contributed by atoms with Crippen molar-refractivity contribution in [3.05, 3.63) is 0 Å². The second kappa shape index (κ2) is 13.1. The summed E-state index contributed by atoms with van der Waals surface area (Å²) in [5.74, 6) is -0.00637. The van der Waals surface area contributed by atoms with Gasteiger partial charge < -0.3 is 19.5 Å². The minimum absolute atomic E-state index is 0.00637. The Bertz CT molecular complexity index is 169. The van der Waals surface area contributed by atoms with Crippen molar-refractivity contribution in [2.75, 3.05) is 51.1 Å². The summed E-state index contributed by atoms with van der Waals surface area (Å²) in [6, 6.07) is 0. The topological polar surface area (TPSA) is 56.8 Å². The molecule has 5 nitrogen and oxygen atoms in total. The maximum Gasteiger partial charge on any atom is 0.222 e. The molecule has 0 bridgehead atoms. The van der Waals surface area contributed by atoms with Gasteiger partial charge in [-0.3, -0.25) is 4.79 Å². The predicted molar refractivity (Wildman–Crippen MR) is 70.0 cm³/mol. The van der Waals surface area contributed by atoms with Crippen LogP contribution < -0.4 is 5.32 Å². The first-order valence-corrected chi connectivity index (χ1v) is 6.83. The number of carbonyl (C=O) groups excluding carboxylic acids is 1. The fourth-order valence-electron chi connectivity index (χ4n) is 0.886. The third-order valence-corrected chi connectivity index (χ3v) is 2.16. The number of nitrogens with one attached hydrogen (secondary N) is 1. The van der Waals surface area contributed by atoms with E-state index in [2.05, 4.69) is 27.9 Å². The van der Waals surface area contributed by atoms with Gasteiger partial charge in [0, 0.05) is 17.9 Å². The normalized spacial score (nSPS) is 10.4. The van der Waals surface area contributed by atoms with Crippen LogP contribution >= 0.6 is 22.6 Å². The molecule has 0 rings (SSSR count). The molecule has 6 heteroatoms. The van der Waals surface area contributed by atoms with E-state index in [1.54, 1.807) is 7.05 Å². The summed E-state index contributed by atoms with van der Waals surface area (Å²) in [5, 5.41) is 2.53. The molecule has 16 heavy (non-hydrogen) atoms. The first-order valence-electron chi connectivity index (χ1n) is 5.31. The molecule has 0 unspecified atom stereocenters. The van der Waals surface area contributed by atoms with Gasteiger partial charge in [-0.05, 0) is 0 Å². The smallest absolute Gasteiger partial charge is 0.222 e. The van der Waals surface area contributed by atoms with Gasteiger partial charge >= 0.3 is 0 Å². The molecule has 0 aliphatic rings.